The molecule has 0 spiro atoms. The van der Waals surface area contributed by atoms with Gasteiger partial charge in [0, 0.05) is 30.5 Å². The maximum Gasteiger partial charge on any atom is 0.222 e. The molecule has 3 rings (SSSR count). The van der Waals surface area contributed by atoms with E-state index in [2.05, 4.69) is 0 Å². The van der Waals surface area contributed by atoms with Gasteiger partial charge in [0.05, 0.1) is 6.10 Å². The van der Waals surface area contributed by atoms with E-state index in [1.54, 1.807) is 0 Å². The normalized spacial score (nSPS) is 28.1. The number of benzene rings is 1. The van der Waals surface area contributed by atoms with Gasteiger partial charge in [0.2, 0.25) is 5.91 Å². The van der Waals surface area contributed by atoms with Crippen LogP contribution in [0, 0.1) is 11.8 Å². The van der Waals surface area contributed by atoms with Gasteiger partial charge in [-0.1, -0.05) is 23.7 Å². The first-order chi connectivity index (χ1) is 9.63. The van der Waals surface area contributed by atoms with Crippen LogP contribution >= 0.6 is 11.6 Å². The van der Waals surface area contributed by atoms with Crippen molar-refractivity contribution in [2.24, 2.45) is 11.8 Å². The lowest BCUT2D eigenvalue weighted by Crippen LogP contribution is -2.39. The van der Waals surface area contributed by atoms with E-state index in [1.165, 1.54) is 5.56 Å². The topological polar surface area (TPSA) is 40.5 Å². The fourth-order valence-corrected chi connectivity index (χ4v) is 3.45. The molecule has 0 radical (unpaired) electrons. The smallest absolute Gasteiger partial charge is 0.222 e. The van der Waals surface area contributed by atoms with Crippen molar-refractivity contribution in [3.05, 3.63) is 34.9 Å². The molecule has 2 fully saturated rings. The SMILES string of the molecule is O=C(CCCc1ccc(Cl)cc1)N1C[C@H]2C[C@@H](O)[C@H]2C1. The van der Waals surface area contributed by atoms with Gasteiger partial charge in [-0.15, -0.1) is 0 Å². The molecule has 1 aliphatic carbocycles. The lowest BCUT2D eigenvalue weighted by atomic mass is 9.74. The molecule has 0 aromatic heterocycles. The monoisotopic (exact) mass is 293 g/mol. The molecule has 1 aliphatic heterocycles. The van der Waals surface area contributed by atoms with Crippen molar-refractivity contribution in [1.82, 2.24) is 4.90 Å². The van der Waals surface area contributed by atoms with Crippen LogP contribution in [0.4, 0.5) is 0 Å². The molecule has 1 heterocycles. The van der Waals surface area contributed by atoms with Crippen LogP contribution in [0.5, 0.6) is 0 Å². The number of aliphatic hydroxyl groups excluding tert-OH is 1. The molecule has 4 heteroatoms. The fraction of sp³-hybridized carbons (Fsp3) is 0.562. The van der Waals surface area contributed by atoms with E-state index in [0.717, 1.165) is 37.4 Å². The number of halogens is 1. The molecule has 1 amide bonds. The first kappa shape index (κ1) is 13.9. The summed E-state index contributed by atoms with van der Waals surface area (Å²) in [6.07, 6.45) is 3.07. The predicted molar refractivity (Wildman–Crippen MR) is 78.6 cm³/mol. The summed E-state index contributed by atoms with van der Waals surface area (Å²) in [5, 5.41) is 10.4. The van der Waals surface area contributed by atoms with Crippen molar-refractivity contribution in [3.63, 3.8) is 0 Å². The number of hydrogen-bond donors (Lipinski definition) is 1. The number of rotatable bonds is 4. The molecule has 3 atom stereocenters. The van der Waals surface area contributed by atoms with Crippen LogP contribution in [0.15, 0.2) is 24.3 Å². The van der Waals surface area contributed by atoms with Crippen LogP contribution in [-0.4, -0.2) is 35.1 Å². The minimum absolute atomic E-state index is 0.174. The Kier molecular flexibility index (Phi) is 3.99. The van der Waals surface area contributed by atoms with Gasteiger partial charge in [-0.2, -0.15) is 0 Å². The highest BCUT2D eigenvalue weighted by atomic mass is 35.5. The lowest BCUT2D eigenvalue weighted by molar-refractivity contribution is -0.130. The van der Waals surface area contributed by atoms with Gasteiger partial charge in [-0.05, 0) is 42.9 Å². The molecule has 0 bridgehead atoms. The number of carbonyl (C=O) groups is 1. The molecule has 1 aromatic rings. The van der Waals surface area contributed by atoms with Gasteiger partial charge < -0.3 is 10.0 Å². The van der Waals surface area contributed by atoms with Gasteiger partial charge in [0.15, 0.2) is 0 Å². The van der Waals surface area contributed by atoms with Crippen molar-refractivity contribution in [3.8, 4) is 0 Å². The third-order valence-corrected chi connectivity index (χ3v) is 4.90. The Morgan fingerprint density at radius 2 is 2.05 bits per heavy atom. The molecule has 1 aromatic carbocycles. The Hall–Kier alpha value is -1.06. The van der Waals surface area contributed by atoms with E-state index in [0.29, 0.717) is 18.3 Å². The number of amides is 1. The lowest BCUT2D eigenvalue weighted by Gasteiger charge is -2.34. The van der Waals surface area contributed by atoms with Crippen LogP contribution in [0.25, 0.3) is 0 Å². The summed E-state index contributed by atoms with van der Waals surface area (Å²) in [6, 6.07) is 7.80. The first-order valence-corrected chi connectivity index (χ1v) is 7.71. The Morgan fingerprint density at radius 1 is 1.30 bits per heavy atom. The van der Waals surface area contributed by atoms with E-state index in [-0.39, 0.29) is 12.0 Å². The van der Waals surface area contributed by atoms with Gasteiger partial charge >= 0.3 is 0 Å². The van der Waals surface area contributed by atoms with E-state index < -0.39 is 0 Å². The Morgan fingerprint density at radius 3 is 2.70 bits per heavy atom. The highest BCUT2D eigenvalue weighted by Gasteiger charge is 2.47. The van der Waals surface area contributed by atoms with Gasteiger partial charge in [0.1, 0.15) is 0 Å². The number of hydrogen-bond acceptors (Lipinski definition) is 2. The number of fused-ring (bicyclic) bond motifs is 1. The van der Waals surface area contributed by atoms with E-state index in [1.807, 2.05) is 29.2 Å². The van der Waals surface area contributed by atoms with Crippen molar-refractivity contribution in [1.29, 1.82) is 0 Å². The molecule has 0 unspecified atom stereocenters. The third-order valence-electron chi connectivity index (χ3n) is 4.65. The Labute approximate surface area is 124 Å². The fourth-order valence-electron chi connectivity index (χ4n) is 3.33. The van der Waals surface area contributed by atoms with Crippen molar-refractivity contribution >= 4 is 17.5 Å². The average molecular weight is 294 g/mol. The summed E-state index contributed by atoms with van der Waals surface area (Å²) in [7, 11) is 0. The minimum Gasteiger partial charge on any atom is -0.393 e. The molecular formula is C16H20ClNO2. The molecule has 1 N–H and O–H groups in total. The largest absolute Gasteiger partial charge is 0.393 e. The maximum atomic E-state index is 12.1. The molecular weight excluding hydrogens is 274 g/mol. The second kappa shape index (κ2) is 5.74. The number of aryl methyl sites for hydroxylation is 1. The summed E-state index contributed by atoms with van der Waals surface area (Å²) in [4.78, 5) is 14.1. The van der Waals surface area contributed by atoms with E-state index >= 15 is 0 Å². The van der Waals surface area contributed by atoms with Crippen LogP contribution in [0.2, 0.25) is 5.02 Å². The molecule has 108 valence electrons. The Balaban J connectivity index is 1.42. The zero-order chi connectivity index (χ0) is 14.1. The second-order valence-electron chi connectivity index (χ2n) is 6.01. The van der Waals surface area contributed by atoms with Crippen LogP contribution in [-0.2, 0) is 11.2 Å². The van der Waals surface area contributed by atoms with Crippen molar-refractivity contribution in [2.45, 2.75) is 31.8 Å². The van der Waals surface area contributed by atoms with Gasteiger partial charge in [0.25, 0.3) is 0 Å². The van der Waals surface area contributed by atoms with Crippen molar-refractivity contribution in [2.75, 3.05) is 13.1 Å². The standard InChI is InChI=1S/C16H20ClNO2/c17-13-6-4-11(5-7-13)2-1-3-16(20)18-9-12-8-15(19)14(12)10-18/h4-7,12,14-15,19H,1-3,8-10H2/t12-,14+,15-/m1/s1. The Bertz CT molecular complexity index is 488. The quantitative estimate of drug-likeness (QED) is 0.926. The summed E-state index contributed by atoms with van der Waals surface area (Å²) in [5.41, 5.74) is 1.22. The predicted octanol–water partition coefficient (Wildman–Crippen LogP) is 2.50. The van der Waals surface area contributed by atoms with Crippen LogP contribution < -0.4 is 0 Å². The minimum atomic E-state index is -0.174. The zero-order valence-electron chi connectivity index (χ0n) is 11.5. The van der Waals surface area contributed by atoms with Crippen molar-refractivity contribution < 1.29 is 9.90 Å². The highest BCUT2D eigenvalue weighted by Crippen LogP contribution is 2.40. The highest BCUT2D eigenvalue weighted by molar-refractivity contribution is 6.30. The van der Waals surface area contributed by atoms with Gasteiger partial charge in [-0.3, -0.25) is 4.79 Å². The number of aliphatic hydroxyl groups is 1. The molecule has 1 saturated carbocycles. The zero-order valence-corrected chi connectivity index (χ0v) is 12.2. The number of likely N-dealkylation sites (tertiary alicyclic amines) is 1. The molecule has 2 aliphatic rings. The summed E-state index contributed by atoms with van der Waals surface area (Å²) in [6.45, 7) is 1.60. The molecule has 1 saturated heterocycles. The van der Waals surface area contributed by atoms with E-state index in [4.69, 9.17) is 11.6 Å². The maximum absolute atomic E-state index is 12.1. The average Bonchev–Trinajstić information content (AvgIpc) is 2.78. The van der Waals surface area contributed by atoms with Gasteiger partial charge in [-0.25, -0.2) is 0 Å². The second-order valence-corrected chi connectivity index (χ2v) is 6.44. The summed E-state index contributed by atoms with van der Waals surface area (Å²) >= 11 is 5.85. The summed E-state index contributed by atoms with van der Waals surface area (Å²) < 4.78 is 0. The molecule has 3 nitrogen and oxygen atoms in total. The number of carbonyl (C=O) groups excluding carboxylic acids is 1. The van der Waals surface area contributed by atoms with E-state index in [9.17, 15) is 9.90 Å². The third kappa shape index (κ3) is 2.84. The molecule has 20 heavy (non-hydrogen) atoms. The first-order valence-electron chi connectivity index (χ1n) is 7.34. The summed E-state index contributed by atoms with van der Waals surface area (Å²) in [5.74, 6) is 1.13. The van der Waals surface area contributed by atoms with Crippen LogP contribution in [0.3, 0.4) is 0 Å². The van der Waals surface area contributed by atoms with Crippen LogP contribution in [0.1, 0.15) is 24.8 Å². The number of nitrogens with zero attached hydrogens (tertiary/aromatic N) is 1.